The summed E-state index contributed by atoms with van der Waals surface area (Å²) in [7, 11) is 1.49. The van der Waals surface area contributed by atoms with Gasteiger partial charge < -0.3 is 18.9 Å². The summed E-state index contributed by atoms with van der Waals surface area (Å²) in [5.74, 6) is 0.435. The third-order valence-electron chi connectivity index (χ3n) is 7.73. The largest absolute Gasteiger partial charge is 0.494 e. The minimum absolute atomic E-state index is 0.145. The van der Waals surface area contributed by atoms with Crippen LogP contribution < -0.4 is 29.1 Å². The Hall–Kier alpha value is -5.19. The highest BCUT2D eigenvalue weighted by Gasteiger charge is 2.35. The Morgan fingerprint density at radius 2 is 1.71 bits per heavy atom. The second-order valence-corrected chi connectivity index (χ2v) is 12.3. The Balaban J connectivity index is 1.48. The van der Waals surface area contributed by atoms with Crippen LogP contribution in [-0.2, 0) is 16.1 Å². The van der Waals surface area contributed by atoms with Gasteiger partial charge in [0.25, 0.3) is 5.56 Å². The number of carbonyl (C=O) groups is 1. The molecule has 0 spiro atoms. The predicted molar refractivity (Wildman–Crippen MR) is 187 cm³/mol. The summed E-state index contributed by atoms with van der Waals surface area (Å²) < 4.78 is 38.0. The number of halogens is 2. The molecular weight excluding hydrogens is 667 g/mol. The number of thiazole rings is 1. The van der Waals surface area contributed by atoms with Crippen LogP contribution >= 0.6 is 22.9 Å². The van der Waals surface area contributed by atoms with Crippen molar-refractivity contribution in [1.29, 1.82) is 0 Å². The fourth-order valence-electron chi connectivity index (χ4n) is 5.52. The number of methoxy groups -OCH3 is 1. The van der Waals surface area contributed by atoms with E-state index in [1.807, 2.05) is 61.5 Å². The molecule has 0 bridgehead atoms. The van der Waals surface area contributed by atoms with Gasteiger partial charge in [-0.2, -0.15) is 0 Å². The maximum absolute atomic E-state index is 14.3. The van der Waals surface area contributed by atoms with E-state index in [0.29, 0.717) is 55.6 Å². The zero-order valence-electron chi connectivity index (χ0n) is 26.9. The summed E-state index contributed by atoms with van der Waals surface area (Å²) in [5.41, 5.74) is 3.09. The molecule has 0 aliphatic carbocycles. The third kappa shape index (κ3) is 7.16. The molecule has 1 atom stereocenters. The van der Waals surface area contributed by atoms with Crippen molar-refractivity contribution in [2.24, 2.45) is 4.99 Å². The van der Waals surface area contributed by atoms with Gasteiger partial charge in [0.2, 0.25) is 0 Å². The van der Waals surface area contributed by atoms with E-state index < -0.39 is 12.0 Å². The van der Waals surface area contributed by atoms with Crippen molar-refractivity contribution in [1.82, 2.24) is 4.57 Å². The van der Waals surface area contributed by atoms with E-state index in [1.54, 1.807) is 37.3 Å². The van der Waals surface area contributed by atoms with Crippen LogP contribution in [0.3, 0.4) is 0 Å². The highest BCUT2D eigenvalue weighted by molar-refractivity contribution is 7.07. The van der Waals surface area contributed by atoms with Crippen LogP contribution in [0.15, 0.2) is 106 Å². The lowest BCUT2D eigenvalue weighted by molar-refractivity contribution is -0.138. The number of fused-ring (bicyclic) bond motifs is 1. The lowest BCUT2D eigenvalue weighted by atomic mass is 9.93. The van der Waals surface area contributed by atoms with Gasteiger partial charge in [-0.05, 0) is 73.0 Å². The van der Waals surface area contributed by atoms with Gasteiger partial charge in [0.05, 0.1) is 47.2 Å². The predicted octanol–water partition coefficient (Wildman–Crippen LogP) is 6.71. The van der Waals surface area contributed by atoms with E-state index in [1.165, 1.54) is 35.1 Å². The van der Waals surface area contributed by atoms with Gasteiger partial charge in [-0.1, -0.05) is 77.5 Å². The van der Waals surface area contributed by atoms with Crippen molar-refractivity contribution in [3.8, 4) is 17.2 Å². The Labute approximate surface area is 291 Å². The molecule has 0 saturated heterocycles. The van der Waals surface area contributed by atoms with E-state index in [0.717, 1.165) is 5.56 Å². The van der Waals surface area contributed by atoms with Crippen LogP contribution in [0.25, 0.3) is 11.8 Å². The summed E-state index contributed by atoms with van der Waals surface area (Å²) in [6, 6.07) is 25.2. The molecule has 1 aromatic heterocycles. The van der Waals surface area contributed by atoms with E-state index >= 15 is 0 Å². The molecule has 4 aromatic carbocycles. The lowest BCUT2D eigenvalue weighted by Crippen LogP contribution is -2.40. The van der Waals surface area contributed by atoms with Crippen LogP contribution in [0.1, 0.15) is 42.1 Å². The first kappa shape index (κ1) is 33.7. The summed E-state index contributed by atoms with van der Waals surface area (Å²) in [6.07, 6.45) is 1.70. The first-order valence-corrected chi connectivity index (χ1v) is 16.8. The number of carbonyl (C=O) groups excluding carboxylic acids is 1. The van der Waals surface area contributed by atoms with Gasteiger partial charge in [-0.3, -0.25) is 9.36 Å². The molecular formula is C38H32ClFN2O6S. The summed E-state index contributed by atoms with van der Waals surface area (Å²) >= 11 is 7.86. The first-order chi connectivity index (χ1) is 23.8. The number of esters is 1. The SMILES string of the molecule is CCOC(=O)C1=C(c2ccccc2)N=c2s/c(=C\c3cc(Cl)c(OCc4ccc(F)cc4)c(OC)c3)c(=O)n2[C@@H]1c1ccc(OCC)cc1. The Morgan fingerprint density at radius 1 is 0.980 bits per heavy atom. The highest BCUT2D eigenvalue weighted by atomic mass is 35.5. The molecule has 2 heterocycles. The van der Waals surface area contributed by atoms with Crippen molar-refractivity contribution in [3.63, 3.8) is 0 Å². The van der Waals surface area contributed by atoms with Crippen LogP contribution in [-0.4, -0.2) is 30.9 Å². The van der Waals surface area contributed by atoms with E-state index in [9.17, 15) is 14.0 Å². The molecule has 49 heavy (non-hydrogen) atoms. The van der Waals surface area contributed by atoms with Crippen molar-refractivity contribution in [2.45, 2.75) is 26.5 Å². The average Bonchev–Trinajstić information content (AvgIpc) is 3.42. The third-order valence-corrected chi connectivity index (χ3v) is 8.99. The highest BCUT2D eigenvalue weighted by Crippen LogP contribution is 2.38. The van der Waals surface area contributed by atoms with Gasteiger partial charge >= 0.3 is 5.97 Å². The van der Waals surface area contributed by atoms with Gasteiger partial charge in [-0.15, -0.1) is 0 Å². The van der Waals surface area contributed by atoms with E-state index in [2.05, 4.69) is 0 Å². The molecule has 0 unspecified atom stereocenters. The minimum Gasteiger partial charge on any atom is -0.494 e. The molecule has 8 nitrogen and oxygen atoms in total. The van der Waals surface area contributed by atoms with Crippen molar-refractivity contribution >= 4 is 40.7 Å². The van der Waals surface area contributed by atoms with Crippen LogP contribution in [0, 0.1) is 5.82 Å². The molecule has 0 radical (unpaired) electrons. The number of nitrogens with zero attached hydrogens (tertiary/aromatic N) is 2. The monoisotopic (exact) mass is 698 g/mol. The molecule has 5 aromatic rings. The summed E-state index contributed by atoms with van der Waals surface area (Å²) in [4.78, 5) is 33.3. The van der Waals surface area contributed by atoms with Crippen LogP contribution in [0.2, 0.25) is 5.02 Å². The van der Waals surface area contributed by atoms with Crippen molar-refractivity contribution in [3.05, 3.63) is 149 Å². The van der Waals surface area contributed by atoms with Crippen LogP contribution in [0.5, 0.6) is 17.2 Å². The molecule has 0 amide bonds. The summed E-state index contributed by atoms with van der Waals surface area (Å²) in [6.45, 7) is 4.43. The molecule has 0 N–H and O–H groups in total. The fourth-order valence-corrected chi connectivity index (χ4v) is 6.79. The average molecular weight is 699 g/mol. The Morgan fingerprint density at radius 3 is 2.39 bits per heavy atom. The topological polar surface area (TPSA) is 88.4 Å². The zero-order valence-corrected chi connectivity index (χ0v) is 28.5. The Kier molecular flexibility index (Phi) is 10.3. The number of rotatable bonds is 11. The molecule has 11 heteroatoms. The van der Waals surface area contributed by atoms with Crippen molar-refractivity contribution < 1.29 is 28.1 Å². The van der Waals surface area contributed by atoms with Gasteiger partial charge in [-0.25, -0.2) is 14.2 Å². The molecule has 6 rings (SSSR count). The fraction of sp³-hybridized carbons (Fsp3) is 0.184. The number of hydrogen-bond acceptors (Lipinski definition) is 8. The zero-order chi connectivity index (χ0) is 34.5. The maximum Gasteiger partial charge on any atom is 0.338 e. The summed E-state index contributed by atoms with van der Waals surface area (Å²) in [5, 5.41) is 0.267. The molecule has 0 fully saturated rings. The number of hydrogen-bond donors (Lipinski definition) is 0. The normalized spacial score (nSPS) is 14.2. The Bertz CT molecular complexity index is 2200. The lowest BCUT2D eigenvalue weighted by Gasteiger charge is -2.26. The van der Waals surface area contributed by atoms with Crippen LogP contribution in [0.4, 0.5) is 4.39 Å². The van der Waals surface area contributed by atoms with Gasteiger partial charge in [0, 0.05) is 5.56 Å². The van der Waals surface area contributed by atoms with E-state index in [4.69, 9.17) is 35.5 Å². The number of ether oxygens (including phenoxy) is 4. The van der Waals surface area contributed by atoms with E-state index in [-0.39, 0.29) is 35.2 Å². The van der Waals surface area contributed by atoms with Gasteiger partial charge in [0.1, 0.15) is 18.2 Å². The molecule has 250 valence electrons. The second-order valence-electron chi connectivity index (χ2n) is 10.9. The number of benzene rings is 4. The standard InChI is InChI=1S/C38H32ClFN2O6S/c1-4-46-28-17-13-26(14-18-28)34-32(37(44)47-5-2)33(25-9-7-6-8-10-25)41-38-42(34)36(43)31(49-38)21-24-19-29(39)35(30(20-24)45-3)48-22-23-11-15-27(40)16-12-23/h6-21,34H,4-5,22H2,1-3H3/b31-21-/t34-/m1/s1. The second kappa shape index (κ2) is 14.9. The molecule has 0 saturated carbocycles. The quantitative estimate of drug-likeness (QED) is 0.143. The van der Waals surface area contributed by atoms with Gasteiger partial charge in [0.15, 0.2) is 16.3 Å². The smallest absolute Gasteiger partial charge is 0.338 e. The minimum atomic E-state index is -0.830. The van der Waals surface area contributed by atoms with Crippen molar-refractivity contribution in [2.75, 3.05) is 20.3 Å². The number of aromatic nitrogens is 1. The first-order valence-electron chi connectivity index (χ1n) is 15.6. The molecule has 1 aliphatic rings. The molecule has 1 aliphatic heterocycles. The maximum atomic E-state index is 14.3.